The minimum absolute atomic E-state index is 0. The minimum Gasteiger partial charge on any atom is -0.322 e. The quantitative estimate of drug-likeness (QED) is 0.411. The average molecular weight is 524 g/mol. The van der Waals surface area contributed by atoms with Gasteiger partial charge in [-0.15, -0.1) is 12.4 Å². The molecule has 2 aliphatic rings. The van der Waals surface area contributed by atoms with E-state index in [0.29, 0.717) is 22.7 Å². The first-order chi connectivity index (χ1) is 17.0. The number of carbonyl (C=O) groups excluding carboxylic acids is 2. The summed E-state index contributed by atoms with van der Waals surface area (Å²) in [5, 5.41) is 3.59. The largest absolute Gasteiger partial charge is 0.322 e. The van der Waals surface area contributed by atoms with Crippen LogP contribution in [0.5, 0.6) is 0 Å². The second kappa shape index (κ2) is 11.5. The number of amides is 2. The maximum absolute atomic E-state index is 13.3. The van der Waals surface area contributed by atoms with Crippen molar-refractivity contribution >= 4 is 47.2 Å². The number of hydrogen-bond donors (Lipinski definition) is 1. The molecule has 0 radical (unpaired) electrons. The fraction of sp³-hybridized carbons (Fsp3) is 0.310. The molecule has 188 valence electrons. The maximum atomic E-state index is 13.3. The lowest BCUT2D eigenvalue weighted by Crippen LogP contribution is -2.31. The number of likely N-dealkylation sites (tertiary alicyclic amines) is 1. The third-order valence-corrected chi connectivity index (χ3v) is 7.32. The normalized spacial score (nSPS) is 15.7. The van der Waals surface area contributed by atoms with Crippen LogP contribution in [-0.4, -0.2) is 36.9 Å². The number of halogens is 2. The number of rotatable bonds is 5. The van der Waals surface area contributed by atoms with E-state index in [1.165, 1.54) is 19.3 Å². The molecule has 0 spiro atoms. The first kappa shape index (κ1) is 26.2. The van der Waals surface area contributed by atoms with Crippen LogP contribution in [0.25, 0.3) is 11.1 Å². The van der Waals surface area contributed by atoms with Gasteiger partial charge in [-0.1, -0.05) is 54.4 Å². The molecule has 0 saturated carbocycles. The Morgan fingerprint density at radius 3 is 2.47 bits per heavy atom. The number of nitrogens with zero attached hydrogens (tertiary/aromatic N) is 2. The van der Waals surface area contributed by atoms with Crippen LogP contribution in [0.4, 0.5) is 11.4 Å². The van der Waals surface area contributed by atoms with Crippen LogP contribution in [0.2, 0.25) is 5.02 Å². The summed E-state index contributed by atoms with van der Waals surface area (Å²) in [7, 11) is 1.78. The van der Waals surface area contributed by atoms with Crippen molar-refractivity contribution in [2.24, 2.45) is 0 Å². The molecule has 3 aromatic rings. The molecule has 0 aromatic heterocycles. The maximum Gasteiger partial charge on any atom is 0.255 e. The highest BCUT2D eigenvalue weighted by Gasteiger charge is 2.22. The van der Waals surface area contributed by atoms with Crippen molar-refractivity contribution in [3.05, 3.63) is 82.4 Å². The number of hydrogen-bond acceptors (Lipinski definition) is 3. The molecular formula is C29H31Cl2N3O2. The number of aryl methyl sites for hydroxylation is 1. The van der Waals surface area contributed by atoms with E-state index in [9.17, 15) is 9.59 Å². The minimum atomic E-state index is -0.212. The van der Waals surface area contributed by atoms with Crippen LogP contribution in [0.1, 0.15) is 47.2 Å². The van der Waals surface area contributed by atoms with E-state index in [4.69, 9.17) is 11.6 Å². The lowest BCUT2D eigenvalue weighted by Gasteiger charge is -2.28. The lowest BCUT2D eigenvalue weighted by atomic mass is 9.96. The van der Waals surface area contributed by atoms with E-state index in [1.807, 2.05) is 42.5 Å². The number of benzene rings is 3. The fourth-order valence-electron chi connectivity index (χ4n) is 5.12. The van der Waals surface area contributed by atoms with Crippen LogP contribution in [0, 0.1) is 0 Å². The SMILES string of the molecule is CN1C(=O)CCc2ccc(NC(=O)c3cc(Cl)c(-c4ccccc4)c(CN4CCCCC4)c3)cc21.Cl. The number of anilines is 2. The number of fused-ring (bicyclic) bond motifs is 1. The Morgan fingerprint density at radius 2 is 1.72 bits per heavy atom. The Kier molecular flexibility index (Phi) is 8.35. The molecule has 0 unspecified atom stereocenters. The van der Waals surface area contributed by atoms with E-state index < -0.39 is 0 Å². The molecule has 1 N–H and O–H groups in total. The van der Waals surface area contributed by atoms with E-state index in [-0.39, 0.29) is 24.2 Å². The molecule has 3 aromatic carbocycles. The monoisotopic (exact) mass is 523 g/mol. The van der Waals surface area contributed by atoms with Gasteiger partial charge < -0.3 is 10.2 Å². The summed E-state index contributed by atoms with van der Waals surface area (Å²) >= 11 is 6.82. The molecule has 36 heavy (non-hydrogen) atoms. The highest BCUT2D eigenvalue weighted by molar-refractivity contribution is 6.34. The van der Waals surface area contributed by atoms with E-state index in [2.05, 4.69) is 22.3 Å². The number of piperidine rings is 1. The predicted molar refractivity (Wildman–Crippen MR) is 149 cm³/mol. The number of carbonyl (C=O) groups is 2. The molecule has 2 aliphatic heterocycles. The standard InChI is InChI=1S/C29H30ClN3O2.ClH/c1-32-26-18-24(12-10-20(26)11-13-27(32)34)31-29(35)22-16-23(19-33-14-6-3-7-15-33)28(25(30)17-22)21-8-4-2-5-9-21;/h2,4-5,8-10,12,16-18H,3,6-7,11,13-15,19H2,1H3,(H,31,35);1H. The molecular weight excluding hydrogens is 493 g/mol. The molecule has 2 amide bonds. The summed E-state index contributed by atoms with van der Waals surface area (Å²) in [6, 6.07) is 19.6. The molecule has 0 aliphatic carbocycles. The van der Waals surface area contributed by atoms with Gasteiger partial charge in [0.2, 0.25) is 5.91 Å². The molecule has 1 fully saturated rings. The molecule has 2 heterocycles. The van der Waals surface area contributed by atoms with Crippen LogP contribution < -0.4 is 10.2 Å². The van der Waals surface area contributed by atoms with Crippen molar-refractivity contribution in [3.8, 4) is 11.1 Å². The lowest BCUT2D eigenvalue weighted by molar-refractivity contribution is -0.118. The molecule has 5 nitrogen and oxygen atoms in total. The summed E-state index contributed by atoms with van der Waals surface area (Å²) in [4.78, 5) is 29.5. The summed E-state index contributed by atoms with van der Waals surface area (Å²) in [6.45, 7) is 2.88. The second-order valence-corrected chi connectivity index (χ2v) is 9.85. The van der Waals surface area contributed by atoms with Gasteiger partial charge in [0.25, 0.3) is 5.91 Å². The van der Waals surface area contributed by atoms with E-state index in [0.717, 1.165) is 54.0 Å². The van der Waals surface area contributed by atoms with Crippen LogP contribution in [0.15, 0.2) is 60.7 Å². The smallest absolute Gasteiger partial charge is 0.255 e. The van der Waals surface area contributed by atoms with Gasteiger partial charge in [0.05, 0.1) is 0 Å². The van der Waals surface area contributed by atoms with Gasteiger partial charge in [-0.2, -0.15) is 0 Å². The van der Waals surface area contributed by atoms with Gasteiger partial charge in [-0.3, -0.25) is 14.5 Å². The molecule has 0 atom stereocenters. The predicted octanol–water partition coefficient (Wildman–Crippen LogP) is 6.58. The van der Waals surface area contributed by atoms with Crippen LogP contribution in [0.3, 0.4) is 0 Å². The Morgan fingerprint density at radius 1 is 0.972 bits per heavy atom. The highest BCUT2D eigenvalue weighted by Crippen LogP contribution is 2.35. The average Bonchev–Trinajstić information content (AvgIpc) is 2.87. The third-order valence-electron chi connectivity index (χ3n) is 7.03. The zero-order chi connectivity index (χ0) is 24.4. The summed E-state index contributed by atoms with van der Waals surface area (Å²) in [6.07, 6.45) is 4.91. The zero-order valence-electron chi connectivity index (χ0n) is 20.4. The van der Waals surface area contributed by atoms with Crippen molar-refractivity contribution in [3.63, 3.8) is 0 Å². The van der Waals surface area contributed by atoms with Crippen LogP contribution >= 0.6 is 24.0 Å². The topological polar surface area (TPSA) is 52.7 Å². The summed E-state index contributed by atoms with van der Waals surface area (Å²) in [5.41, 5.74) is 6.26. The van der Waals surface area contributed by atoms with Crippen LogP contribution in [-0.2, 0) is 17.8 Å². The summed E-state index contributed by atoms with van der Waals surface area (Å²) < 4.78 is 0. The van der Waals surface area contributed by atoms with Gasteiger partial charge in [-0.25, -0.2) is 0 Å². The molecule has 0 bridgehead atoms. The fourth-order valence-corrected chi connectivity index (χ4v) is 5.47. The van der Waals surface area contributed by atoms with Crippen molar-refractivity contribution in [2.45, 2.75) is 38.6 Å². The zero-order valence-corrected chi connectivity index (χ0v) is 22.0. The Balaban J connectivity index is 0.00000304. The Hall–Kier alpha value is -2.86. The van der Waals surface area contributed by atoms with Gasteiger partial charge in [0.15, 0.2) is 0 Å². The number of nitrogens with one attached hydrogen (secondary N) is 1. The van der Waals surface area contributed by atoms with E-state index in [1.54, 1.807) is 18.0 Å². The van der Waals surface area contributed by atoms with E-state index >= 15 is 0 Å². The molecule has 1 saturated heterocycles. The third kappa shape index (κ3) is 5.59. The Bertz CT molecular complexity index is 1260. The molecule has 7 heteroatoms. The van der Waals surface area contributed by atoms with Gasteiger partial charge in [-0.05, 0) is 73.3 Å². The van der Waals surface area contributed by atoms with Gasteiger partial charge in [0, 0.05) is 47.5 Å². The first-order valence-electron chi connectivity index (χ1n) is 12.3. The summed E-state index contributed by atoms with van der Waals surface area (Å²) in [5.74, 6) is -0.122. The highest BCUT2D eigenvalue weighted by atomic mass is 35.5. The van der Waals surface area contributed by atoms with Crippen molar-refractivity contribution < 1.29 is 9.59 Å². The van der Waals surface area contributed by atoms with Crippen molar-refractivity contribution in [1.82, 2.24) is 4.90 Å². The van der Waals surface area contributed by atoms with Gasteiger partial charge in [0.1, 0.15) is 0 Å². The second-order valence-electron chi connectivity index (χ2n) is 9.45. The molecule has 5 rings (SSSR count). The van der Waals surface area contributed by atoms with Gasteiger partial charge >= 0.3 is 0 Å². The Labute approximate surface area is 223 Å². The van der Waals surface area contributed by atoms with Crippen molar-refractivity contribution in [2.75, 3.05) is 30.4 Å². The van der Waals surface area contributed by atoms with Crippen molar-refractivity contribution in [1.29, 1.82) is 0 Å². The first-order valence-corrected chi connectivity index (χ1v) is 12.7.